The molecule has 0 amide bonds. The zero-order valence-corrected chi connectivity index (χ0v) is 15.4. The molecule has 0 aliphatic heterocycles. The molecule has 0 fully saturated rings. The van der Waals surface area contributed by atoms with Crippen LogP contribution in [0.1, 0.15) is 34.0 Å². The topological polar surface area (TPSA) is 105 Å². The van der Waals surface area contributed by atoms with Crippen LogP contribution in [0.15, 0.2) is 24.3 Å². The molecule has 4 rings (SSSR count). The fraction of sp³-hybridized carbons (Fsp3) is 0.316. The smallest absolute Gasteiger partial charge is 0.270 e. The molecule has 1 aromatic carbocycles. The number of nitriles is 1. The van der Waals surface area contributed by atoms with Gasteiger partial charge in [-0.05, 0) is 37.8 Å². The molecule has 2 heterocycles. The maximum absolute atomic E-state index is 10.9. The molecule has 3 aromatic rings. The summed E-state index contributed by atoms with van der Waals surface area (Å²) in [5.41, 5.74) is 2.15. The van der Waals surface area contributed by atoms with E-state index in [1.54, 1.807) is 23.5 Å². The van der Waals surface area contributed by atoms with E-state index in [9.17, 15) is 15.4 Å². The number of rotatable bonds is 5. The second-order valence-electron chi connectivity index (χ2n) is 6.49. The Bertz CT molecular complexity index is 1050. The molecule has 0 unspecified atom stereocenters. The molecule has 0 spiro atoms. The minimum atomic E-state index is -0.472. The average molecular weight is 379 g/mol. The van der Waals surface area contributed by atoms with Crippen LogP contribution < -0.4 is 5.32 Å². The Morgan fingerprint density at radius 2 is 2.11 bits per heavy atom. The molecule has 27 heavy (non-hydrogen) atoms. The summed E-state index contributed by atoms with van der Waals surface area (Å²) in [6, 6.07) is 8.12. The molecule has 0 bridgehead atoms. The van der Waals surface area contributed by atoms with Crippen molar-refractivity contribution in [2.75, 3.05) is 11.9 Å². The van der Waals surface area contributed by atoms with Crippen molar-refractivity contribution in [1.82, 2.24) is 9.97 Å². The molecule has 8 heteroatoms. The second kappa shape index (κ2) is 7.29. The minimum absolute atomic E-state index is 0.0470. The van der Waals surface area contributed by atoms with Crippen LogP contribution in [0.5, 0.6) is 0 Å². The molecule has 0 saturated carbocycles. The van der Waals surface area contributed by atoms with Gasteiger partial charge >= 0.3 is 0 Å². The zero-order valence-electron chi connectivity index (χ0n) is 14.6. The van der Waals surface area contributed by atoms with Gasteiger partial charge < -0.3 is 5.32 Å². The zero-order chi connectivity index (χ0) is 18.8. The number of nitrogens with one attached hydrogen (secondary N) is 1. The van der Waals surface area contributed by atoms with Crippen LogP contribution in [0.4, 0.5) is 11.5 Å². The van der Waals surface area contributed by atoms with Crippen molar-refractivity contribution in [2.24, 2.45) is 0 Å². The lowest BCUT2D eigenvalue weighted by Crippen LogP contribution is -2.07. The molecule has 7 nitrogen and oxygen atoms in total. The number of nitrogens with zero attached hydrogens (tertiary/aromatic N) is 4. The molecule has 1 aliphatic carbocycles. The normalized spacial score (nSPS) is 13.1. The number of nitro benzene ring substituents is 1. The number of benzene rings is 1. The molecular formula is C19H17N5O2S. The van der Waals surface area contributed by atoms with Gasteiger partial charge in [0.05, 0.1) is 32.8 Å². The van der Waals surface area contributed by atoms with Crippen LogP contribution in [-0.4, -0.2) is 21.4 Å². The van der Waals surface area contributed by atoms with Gasteiger partial charge in [-0.1, -0.05) is 0 Å². The number of hydrogen-bond acceptors (Lipinski definition) is 7. The van der Waals surface area contributed by atoms with Crippen molar-refractivity contribution in [3.8, 4) is 6.07 Å². The van der Waals surface area contributed by atoms with E-state index in [-0.39, 0.29) is 5.69 Å². The maximum atomic E-state index is 10.9. The molecule has 2 aromatic heterocycles. The minimum Gasteiger partial charge on any atom is -0.370 e. The molecule has 1 aliphatic rings. The number of aryl methyl sites for hydroxylation is 2. The van der Waals surface area contributed by atoms with Crippen molar-refractivity contribution in [3.63, 3.8) is 0 Å². The van der Waals surface area contributed by atoms with Crippen molar-refractivity contribution in [2.45, 2.75) is 32.1 Å². The Kier molecular flexibility index (Phi) is 4.69. The van der Waals surface area contributed by atoms with Crippen molar-refractivity contribution < 1.29 is 4.92 Å². The quantitative estimate of drug-likeness (QED) is 0.530. The number of hydrogen-bond donors (Lipinski definition) is 1. The summed E-state index contributed by atoms with van der Waals surface area (Å²) in [4.78, 5) is 21.1. The lowest BCUT2D eigenvalue weighted by atomic mass is 10.0. The Morgan fingerprint density at radius 1 is 1.26 bits per heavy atom. The van der Waals surface area contributed by atoms with Gasteiger partial charge in [0.1, 0.15) is 5.82 Å². The average Bonchev–Trinajstić information content (AvgIpc) is 3.09. The third-order valence-electron chi connectivity index (χ3n) is 4.66. The summed E-state index contributed by atoms with van der Waals surface area (Å²) in [5.74, 6) is 0.592. The van der Waals surface area contributed by atoms with E-state index in [2.05, 4.69) is 16.4 Å². The highest BCUT2D eigenvalue weighted by Gasteiger charge is 2.15. The van der Waals surface area contributed by atoms with Gasteiger partial charge in [0.15, 0.2) is 0 Å². The number of pyridine rings is 1. The largest absolute Gasteiger partial charge is 0.370 e. The number of non-ortho nitro benzene ring substituents is 1. The van der Waals surface area contributed by atoms with E-state index in [0.29, 0.717) is 28.8 Å². The van der Waals surface area contributed by atoms with Crippen LogP contribution >= 0.6 is 11.3 Å². The third kappa shape index (κ3) is 3.59. The lowest BCUT2D eigenvalue weighted by molar-refractivity contribution is -0.384. The Balaban J connectivity index is 1.50. The molecule has 1 N–H and O–H groups in total. The van der Waals surface area contributed by atoms with E-state index < -0.39 is 4.92 Å². The van der Waals surface area contributed by atoms with E-state index in [0.717, 1.165) is 24.3 Å². The first kappa shape index (κ1) is 17.4. The van der Waals surface area contributed by atoms with E-state index in [4.69, 9.17) is 4.98 Å². The van der Waals surface area contributed by atoms with E-state index in [1.807, 2.05) is 0 Å². The van der Waals surface area contributed by atoms with Gasteiger partial charge in [-0.3, -0.25) is 10.1 Å². The molecule has 0 radical (unpaired) electrons. The summed E-state index contributed by atoms with van der Waals surface area (Å²) in [6.07, 6.45) is 5.51. The van der Waals surface area contributed by atoms with Gasteiger partial charge in [-0.2, -0.15) is 5.26 Å². The number of aromatic nitrogens is 2. The van der Waals surface area contributed by atoms with Crippen molar-refractivity contribution in [1.29, 1.82) is 5.26 Å². The van der Waals surface area contributed by atoms with Crippen LogP contribution in [0.25, 0.3) is 10.9 Å². The predicted molar refractivity (Wildman–Crippen MR) is 104 cm³/mol. The van der Waals surface area contributed by atoms with Gasteiger partial charge in [0, 0.05) is 35.4 Å². The summed E-state index contributed by atoms with van der Waals surface area (Å²) >= 11 is 1.80. The number of anilines is 1. The summed E-state index contributed by atoms with van der Waals surface area (Å²) in [5, 5.41) is 25.2. The van der Waals surface area contributed by atoms with Crippen molar-refractivity contribution >= 4 is 33.7 Å². The number of fused-ring (bicyclic) bond motifs is 2. The fourth-order valence-electron chi connectivity index (χ4n) is 3.32. The van der Waals surface area contributed by atoms with Crippen LogP contribution in [-0.2, 0) is 19.3 Å². The van der Waals surface area contributed by atoms with Crippen molar-refractivity contribution in [3.05, 3.63) is 55.5 Å². The third-order valence-corrected chi connectivity index (χ3v) is 5.88. The number of thiazole rings is 1. The van der Waals surface area contributed by atoms with Gasteiger partial charge in [-0.15, -0.1) is 11.3 Å². The van der Waals surface area contributed by atoms with Gasteiger partial charge in [0.2, 0.25) is 0 Å². The summed E-state index contributed by atoms with van der Waals surface area (Å²) in [6.45, 7) is 0.669. The first-order chi connectivity index (χ1) is 13.1. The van der Waals surface area contributed by atoms with Crippen LogP contribution in [0, 0.1) is 21.4 Å². The highest BCUT2D eigenvalue weighted by atomic mass is 32.1. The highest BCUT2D eigenvalue weighted by Crippen LogP contribution is 2.27. The summed E-state index contributed by atoms with van der Waals surface area (Å²) < 4.78 is 0. The number of nitro groups is 1. The van der Waals surface area contributed by atoms with Crippen LogP contribution in [0.3, 0.4) is 0 Å². The monoisotopic (exact) mass is 379 g/mol. The predicted octanol–water partition coefficient (Wildman–Crippen LogP) is 4.00. The molecule has 0 atom stereocenters. The fourth-order valence-corrected chi connectivity index (χ4v) is 4.48. The molecule has 136 valence electrons. The lowest BCUT2D eigenvalue weighted by Gasteiger charge is -2.07. The van der Waals surface area contributed by atoms with E-state index >= 15 is 0 Å². The Labute approximate surface area is 159 Å². The van der Waals surface area contributed by atoms with Gasteiger partial charge in [-0.25, -0.2) is 9.97 Å². The standard InChI is InChI=1S/C19H17N5O2S/c20-11-12-9-18(22-15-6-5-13(24(25)26)10-14(12)15)21-8-7-19-23-16-3-1-2-4-17(16)27-19/h5-6,9-10H,1-4,7-8H2,(H,21,22). The van der Waals surface area contributed by atoms with E-state index in [1.165, 1.54) is 35.5 Å². The Hall–Kier alpha value is -3.05. The van der Waals surface area contributed by atoms with Crippen LogP contribution in [0.2, 0.25) is 0 Å². The second-order valence-corrected chi connectivity index (χ2v) is 7.65. The van der Waals surface area contributed by atoms with Gasteiger partial charge in [0.25, 0.3) is 5.69 Å². The first-order valence-electron chi connectivity index (χ1n) is 8.84. The SMILES string of the molecule is N#Cc1cc(NCCc2nc3c(s2)CCCC3)nc2ccc([N+](=O)[O-])cc12. The molecule has 0 saturated heterocycles. The Morgan fingerprint density at radius 3 is 2.89 bits per heavy atom. The maximum Gasteiger partial charge on any atom is 0.270 e. The highest BCUT2D eigenvalue weighted by molar-refractivity contribution is 7.11. The molecular weight excluding hydrogens is 362 g/mol. The first-order valence-corrected chi connectivity index (χ1v) is 9.66. The summed E-state index contributed by atoms with van der Waals surface area (Å²) in [7, 11) is 0.